The van der Waals surface area contributed by atoms with Crippen molar-refractivity contribution in [3.05, 3.63) is 66.5 Å². The number of benzene rings is 2. The number of anilines is 2. The van der Waals surface area contributed by atoms with Crippen LogP contribution >= 0.6 is 0 Å². The van der Waals surface area contributed by atoms with Crippen molar-refractivity contribution < 1.29 is 9.47 Å². The summed E-state index contributed by atoms with van der Waals surface area (Å²) < 4.78 is 12.0. The monoisotopic (exact) mass is 429 g/mol. The smallest absolute Gasteiger partial charge is 0.230 e. The Morgan fingerprint density at radius 2 is 1.94 bits per heavy atom. The van der Waals surface area contributed by atoms with Crippen molar-refractivity contribution in [2.45, 2.75) is 19.8 Å². The SMILES string of the molecule is Cc1cc2cc(Oc3ccnc(Nc4cccc(OCC5CCNCC5)c4)n3)ccc2[nH]1. The van der Waals surface area contributed by atoms with Crippen molar-refractivity contribution in [3.63, 3.8) is 0 Å². The van der Waals surface area contributed by atoms with Crippen molar-refractivity contribution in [3.8, 4) is 17.4 Å². The number of piperidine rings is 1. The third-order valence-electron chi connectivity index (χ3n) is 5.61. The van der Waals surface area contributed by atoms with Gasteiger partial charge in [-0.15, -0.1) is 0 Å². The summed E-state index contributed by atoms with van der Waals surface area (Å²) in [6.45, 7) is 4.93. The normalized spacial score (nSPS) is 14.4. The highest BCUT2D eigenvalue weighted by molar-refractivity contribution is 5.81. The van der Waals surface area contributed by atoms with Crippen molar-refractivity contribution in [2.24, 2.45) is 5.92 Å². The van der Waals surface area contributed by atoms with Gasteiger partial charge in [0.2, 0.25) is 11.8 Å². The van der Waals surface area contributed by atoms with Crippen LogP contribution in [0.4, 0.5) is 11.6 Å². The predicted molar refractivity (Wildman–Crippen MR) is 126 cm³/mol. The number of fused-ring (bicyclic) bond motifs is 1. The Morgan fingerprint density at radius 3 is 2.84 bits per heavy atom. The third kappa shape index (κ3) is 5.00. The minimum Gasteiger partial charge on any atom is -0.493 e. The molecule has 0 amide bonds. The van der Waals surface area contributed by atoms with E-state index in [0.717, 1.165) is 66.3 Å². The molecule has 1 fully saturated rings. The lowest BCUT2D eigenvalue weighted by atomic mass is 9.99. The van der Waals surface area contributed by atoms with Gasteiger partial charge in [0, 0.05) is 40.6 Å². The van der Waals surface area contributed by atoms with E-state index in [1.165, 1.54) is 0 Å². The molecule has 0 atom stereocenters. The number of nitrogens with one attached hydrogen (secondary N) is 3. The standard InChI is InChI=1S/C25H27N5O2/c1-17-13-19-14-22(5-6-23(19)28-17)32-24-9-12-27-25(30-24)29-20-3-2-4-21(15-20)31-16-18-7-10-26-11-8-18/h2-6,9,12-15,18,26,28H,7-8,10-11,16H2,1H3,(H,27,29,30). The van der Waals surface area contributed by atoms with Crippen LogP contribution in [0.2, 0.25) is 0 Å². The number of ether oxygens (including phenoxy) is 2. The molecule has 7 heteroatoms. The zero-order chi connectivity index (χ0) is 21.8. The summed E-state index contributed by atoms with van der Waals surface area (Å²) in [6, 6.07) is 17.7. The van der Waals surface area contributed by atoms with E-state index in [4.69, 9.17) is 9.47 Å². The summed E-state index contributed by atoms with van der Waals surface area (Å²) in [5, 5.41) is 7.74. The van der Waals surface area contributed by atoms with E-state index in [1.54, 1.807) is 12.3 Å². The number of hydrogen-bond donors (Lipinski definition) is 3. The number of aromatic nitrogens is 3. The average molecular weight is 430 g/mol. The van der Waals surface area contributed by atoms with E-state index in [1.807, 2.05) is 49.4 Å². The molecular weight excluding hydrogens is 402 g/mol. The van der Waals surface area contributed by atoms with Gasteiger partial charge in [0.25, 0.3) is 0 Å². The molecule has 3 heterocycles. The molecule has 4 aromatic rings. The van der Waals surface area contributed by atoms with Gasteiger partial charge in [-0.25, -0.2) is 4.98 Å². The third-order valence-corrected chi connectivity index (χ3v) is 5.61. The van der Waals surface area contributed by atoms with Crippen LogP contribution in [-0.4, -0.2) is 34.6 Å². The maximum absolute atomic E-state index is 6.03. The van der Waals surface area contributed by atoms with Crippen molar-refractivity contribution in [1.29, 1.82) is 0 Å². The van der Waals surface area contributed by atoms with Gasteiger partial charge in [-0.2, -0.15) is 4.98 Å². The summed E-state index contributed by atoms with van der Waals surface area (Å²) >= 11 is 0. The lowest BCUT2D eigenvalue weighted by Gasteiger charge is -2.22. The van der Waals surface area contributed by atoms with Crippen LogP contribution in [0.1, 0.15) is 18.5 Å². The Morgan fingerprint density at radius 1 is 1.03 bits per heavy atom. The first-order valence-electron chi connectivity index (χ1n) is 11.0. The molecular formula is C25H27N5O2. The molecule has 0 saturated carbocycles. The molecule has 1 aliphatic rings. The molecule has 0 aliphatic carbocycles. The van der Waals surface area contributed by atoms with E-state index >= 15 is 0 Å². The summed E-state index contributed by atoms with van der Waals surface area (Å²) in [5.74, 6) is 3.13. The number of hydrogen-bond acceptors (Lipinski definition) is 6. The highest BCUT2D eigenvalue weighted by Gasteiger charge is 2.13. The molecule has 5 rings (SSSR count). The van der Waals surface area contributed by atoms with E-state index < -0.39 is 0 Å². The molecule has 2 aromatic heterocycles. The highest BCUT2D eigenvalue weighted by Crippen LogP contribution is 2.26. The predicted octanol–water partition coefficient (Wildman–Crippen LogP) is 5.18. The summed E-state index contributed by atoms with van der Waals surface area (Å²) in [7, 11) is 0. The maximum Gasteiger partial charge on any atom is 0.230 e. The molecule has 0 bridgehead atoms. The van der Waals surface area contributed by atoms with Crippen LogP contribution in [0.15, 0.2) is 60.8 Å². The first-order chi connectivity index (χ1) is 15.7. The van der Waals surface area contributed by atoms with Crippen molar-refractivity contribution in [1.82, 2.24) is 20.3 Å². The minimum atomic E-state index is 0.469. The van der Waals surface area contributed by atoms with Crippen LogP contribution in [0.5, 0.6) is 17.4 Å². The quantitative estimate of drug-likeness (QED) is 0.375. The molecule has 0 unspecified atom stereocenters. The van der Waals surface area contributed by atoms with Gasteiger partial charge < -0.3 is 25.1 Å². The second-order valence-electron chi connectivity index (χ2n) is 8.18. The Hall–Kier alpha value is -3.58. The Kier molecular flexibility index (Phi) is 5.89. The fraction of sp³-hybridized carbons (Fsp3) is 0.280. The van der Waals surface area contributed by atoms with Crippen LogP contribution in [0.3, 0.4) is 0 Å². The van der Waals surface area contributed by atoms with Crippen LogP contribution in [0, 0.1) is 12.8 Å². The van der Waals surface area contributed by atoms with E-state index in [0.29, 0.717) is 17.7 Å². The van der Waals surface area contributed by atoms with Gasteiger partial charge in [0.15, 0.2) is 0 Å². The van der Waals surface area contributed by atoms with Gasteiger partial charge in [-0.05, 0) is 75.2 Å². The lowest BCUT2D eigenvalue weighted by Crippen LogP contribution is -2.30. The minimum absolute atomic E-state index is 0.469. The van der Waals surface area contributed by atoms with Gasteiger partial charge >= 0.3 is 0 Å². The Balaban J connectivity index is 1.24. The molecule has 32 heavy (non-hydrogen) atoms. The molecule has 2 aromatic carbocycles. The first-order valence-corrected chi connectivity index (χ1v) is 11.0. The largest absolute Gasteiger partial charge is 0.493 e. The molecule has 1 aliphatic heterocycles. The Labute approximate surface area is 187 Å². The molecule has 7 nitrogen and oxygen atoms in total. The second-order valence-corrected chi connectivity index (χ2v) is 8.18. The zero-order valence-corrected chi connectivity index (χ0v) is 18.1. The highest BCUT2D eigenvalue weighted by atomic mass is 16.5. The van der Waals surface area contributed by atoms with Crippen LogP contribution in [0.25, 0.3) is 10.9 Å². The van der Waals surface area contributed by atoms with Gasteiger partial charge in [-0.3, -0.25) is 0 Å². The fourth-order valence-electron chi connectivity index (χ4n) is 3.95. The molecule has 164 valence electrons. The van der Waals surface area contributed by atoms with Gasteiger partial charge in [0.1, 0.15) is 11.5 Å². The average Bonchev–Trinajstić information content (AvgIpc) is 3.18. The molecule has 0 spiro atoms. The first kappa shape index (κ1) is 20.3. The maximum atomic E-state index is 6.03. The molecule has 1 saturated heterocycles. The number of nitrogens with zero attached hydrogens (tertiary/aromatic N) is 2. The zero-order valence-electron chi connectivity index (χ0n) is 18.1. The van der Waals surface area contributed by atoms with E-state index in [2.05, 4.69) is 31.7 Å². The fourth-order valence-corrected chi connectivity index (χ4v) is 3.95. The van der Waals surface area contributed by atoms with Gasteiger partial charge in [0.05, 0.1) is 6.61 Å². The van der Waals surface area contributed by atoms with Crippen molar-refractivity contribution >= 4 is 22.5 Å². The van der Waals surface area contributed by atoms with Crippen LogP contribution < -0.4 is 20.1 Å². The van der Waals surface area contributed by atoms with Gasteiger partial charge in [-0.1, -0.05) is 6.07 Å². The second kappa shape index (κ2) is 9.28. The summed E-state index contributed by atoms with van der Waals surface area (Å²) in [4.78, 5) is 12.1. The summed E-state index contributed by atoms with van der Waals surface area (Å²) in [5.41, 5.74) is 3.07. The van der Waals surface area contributed by atoms with E-state index in [9.17, 15) is 0 Å². The summed E-state index contributed by atoms with van der Waals surface area (Å²) in [6.07, 6.45) is 4.01. The number of aromatic amines is 1. The molecule has 3 N–H and O–H groups in total. The Bertz CT molecular complexity index is 1200. The lowest BCUT2D eigenvalue weighted by molar-refractivity contribution is 0.215. The number of aryl methyl sites for hydroxylation is 1. The van der Waals surface area contributed by atoms with E-state index in [-0.39, 0.29) is 0 Å². The molecule has 0 radical (unpaired) electrons. The number of H-pyrrole nitrogens is 1. The van der Waals surface area contributed by atoms with Crippen LogP contribution in [-0.2, 0) is 0 Å². The van der Waals surface area contributed by atoms with Crippen molar-refractivity contribution in [2.75, 3.05) is 25.0 Å². The topological polar surface area (TPSA) is 84.1 Å². The number of rotatable bonds is 7.